The highest BCUT2D eigenvalue weighted by atomic mass is 127. The number of nitrogens with two attached hydrogens (primary N) is 1. The van der Waals surface area contributed by atoms with Gasteiger partial charge in [0.1, 0.15) is 30.1 Å². The van der Waals surface area contributed by atoms with Crippen molar-refractivity contribution in [3.8, 4) is 0 Å². The Kier molecular flexibility index (Phi) is 7.31. The number of phosphoric ester groups is 1. The molecule has 0 spiro atoms. The molecule has 174 valence electrons. The number of anilines is 1. The molecule has 2 unspecified atom stereocenters. The molecule has 1 aliphatic rings. The number of halogens is 1. The SMILES string of the molecule is Nc1ncnc2c1c(I)cn2[C@H]1C[C@H](O)[C@@H](COP(=O)(O)OP(=O)(O)OP(=O)(O)O)O1. The van der Waals surface area contributed by atoms with E-state index in [4.69, 9.17) is 25.2 Å². The maximum atomic E-state index is 11.8. The summed E-state index contributed by atoms with van der Waals surface area (Å²) in [5.74, 6) is 0.246. The summed E-state index contributed by atoms with van der Waals surface area (Å²) >= 11 is 2.02. The van der Waals surface area contributed by atoms with Gasteiger partial charge in [-0.05, 0) is 22.6 Å². The van der Waals surface area contributed by atoms with E-state index in [9.17, 15) is 23.7 Å². The number of phosphoric acid groups is 3. The van der Waals surface area contributed by atoms with E-state index >= 15 is 0 Å². The average molecular weight is 616 g/mol. The summed E-state index contributed by atoms with van der Waals surface area (Å²) in [5, 5.41) is 10.8. The summed E-state index contributed by atoms with van der Waals surface area (Å²) < 4.78 is 53.5. The molecule has 2 aromatic heterocycles. The summed E-state index contributed by atoms with van der Waals surface area (Å²) in [6.07, 6.45) is -0.143. The smallest absolute Gasteiger partial charge is 0.390 e. The van der Waals surface area contributed by atoms with E-state index in [1.807, 2.05) is 22.6 Å². The van der Waals surface area contributed by atoms with Gasteiger partial charge >= 0.3 is 23.5 Å². The van der Waals surface area contributed by atoms with Crippen LogP contribution < -0.4 is 5.73 Å². The van der Waals surface area contributed by atoms with E-state index in [2.05, 4.69) is 23.1 Å². The first-order chi connectivity index (χ1) is 14.2. The molecule has 1 aliphatic heterocycles. The summed E-state index contributed by atoms with van der Waals surface area (Å²) in [5.41, 5.74) is 6.29. The second-order valence-corrected chi connectivity index (χ2v) is 11.7. The fraction of sp³-hybridized carbons (Fsp3) is 0.455. The average Bonchev–Trinajstić information content (AvgIpc) is 3.11. The Morgan fingerprint density at radius 3 is 2.52 bits per heavy atom. The molecule has 0 radical (unpaired) electrons. The van der Waals surface area contributed by atoms with Crippen LogP contribution in [0.2, 0.25) is 0 Å². The van der Waals surface area contributed by atoms with Crippen molar-refractivity contribution >= 4 is 62.9 Å². The molecule has 3 rings (SSSR count). The van der Waals surface area contributed by atoms with Gasteiger partial charge in [-0.25, -0.2) is 23.7 Å². The predicted octanol–water partition coefficient (Wildman–Crippen LogP) is 0.610. The van der Waals surface area contributed by atoms with Gasteiger partial charge in [-0.1, -0.05) is 0 Å². The zero-order valence-electron chi connectivity index (χ0n) is 15.0. The maximum Gasteiger partial charge on any atom is 0.490 e. The number of rotatable bonds is 8. The van der Waals surface area contributed by atoms with Crippen LogP contribution in [0.15, 0.2) is 12.5 Å². The van der Waals surface area contributed by atoms with Crippen LogP contribution in [0.3, 0.4) is 0 Å². The number of aliphatic hydroxyl groups is 1. The van der Waals surface area contributed by atoms with Gasteiger partial charge in [0, 0.05) is 16.2 Å². The molecule has 2 aromatic rings. The lowest BCUT2D eigenvalue weighted by molar-refractivity contribution is -0.0422. The van der Waals surface area contributed by atoms with Crippen molar-refractivity contribution < 1.29 is 56.3 Å². The molecule has 0 saturated carbocycles. The third-order valence-electron chi connectivity index (χ3n) is 3.92. The number of ether oxygens (including phenoxy) is 1. The van der Waals surface area contributed by atoms with E-state index in [0.29, 0.717) is 11.0 Å². The quantitative estimate of drug-likeness (QED) is 0.176. The molecule has 31 heavy (non-hydrogen) atoms. The van der Waals surface area contributed by atoms with Gasteiger partial charge in [-0.15, -0.1) is 0 Å². The molecule has 1 fully saturated rings. The van der Waals surface area contributed by atoms with E-state index < -0.39 is 48.5 Å². The van der Waals surface area contributed by atoms with E-state index in [1.165, 1.54) is 6.33 Å². The molecule has 1 saturated heterocycles. The molecular weight excluding hydrogens is 600 g/mol. The van der Waals surface area contributed by atoms with Crippen LogP contribution >= 0.6 is 46.1 Å². The van der Waals surface area contributed by atoms with Crippen molar-refractivity contribution in [1.82, 2.24) is 14.5 Å². The highest BCUT2D eigenvalue weighted by Crippen LogP contribution is 2.66. The second kappa shape index (κ2) is 9.02. The van der Waals surface area contributed by atoms with Crippen LogP contribution in [0.5, 0.6) is 0 Å². The Balaban J connectivity index is 1.67. The minimum Gasteiger partial charge on any atom is -0.390 e. The Labute approximate surface area is 186 Å². The number of aliphatic hydroxyl groups excluding tert-OH is 1. The van der Waals surface area contributed by atoms with E-state index in [0.717, 1.165) is 3.57 Å². The van der Waals surface area contributed by atoms with Crippen molar-refractivity contribution in [3.05, 3.63) is 16.1 Å². The number of hydrogen-bond donors (Lipinski definition) is 6. The van der Waals surface area contributed by atoms with Crippen molar-refractivity contribution in [3.63, 3.8) is 0 Å². The minimum atomic E-state index is -5.64. The fourth-order valence-electron chi connectivity index (χ4n) is 2.79. The topological polar surface area (TPSA) is 246 Å². The number of nitrogen functional groups attached to an aromatic ring is 1. The van der Waals surface area contributed by atoms with Crippen molar-refractivity contribution in [2.24, 2.45) is 0 Å². The Morgan fingerprint density at radius 1 is 1.19 bits per heavy atom. The van der Waals surface area contributed by atoms with Gasteiger partial charge in [-0.3, -0.25) is 4.52 Å². The van der Waals surface area contributed by atoms with Crippen LogP contribution in [0.1, 0.15) is 12.6 Å². The summed E-state index contributed by atoms with van der Waals surface area (Å²) in [6.45, 7) is -0.769. The first kappa shape index (κ1) is 25.1. The van der Waals surface area contributed by atoms with Gasteiger partial charge in [0.25, 0.3) is 0 Å². The third kappa shape index (κ3) is 6.29. The Hall–Kier alpha value is -0.520. The molecule has 7 N–H and O–H groups in total. The summed E-state index contributed by atoms with van der Waals surface area (Å²) in [4.78, 5) is 43.7. The second-order valence-electron chi connectivity index (χ2n) is 6.16. The summed E-state index contributed by atoms with van der Waals surface area (Å²) in [7, 11) is -16.5. The normalized spacial score (nSPS) is 26.1. The standard InChI is InChI=1S/C11H16IN4O12P3/c12-5-2-16(11-9(5)10(13)14-4-15-11)8-1-6(17)7(26-8)3-25-30(21,22)28-31(23,24)27-29(18,19)20/h2,4,6-8,17H,1,3H2,(H,21,22)(H,23,24)(H2,13,14,15)(H2,18,19,20)/t6-,7+,8+/m0/s1. The lowest BCUT2D eigenvalue weighted by Crippen LogP contribution is -2.26. The highest BCUT2D eigenvalue weighted by Gasteiger charge is 2.43. The molecule has 0 amide bonds. The molecule has 5 atom stereocenters. The zero-order valence-corrected chi connectivity index (χ0v) is 19.9. The molecule has 0 aliphatic carbocycles. The maximum absolute atomic E-state index is 11.8. The highest BCUT2D eigenvalue weighted by molar-refractivity contribution is 14.1. The van der Waals surface area contributed by atoms with Crippen LogP contribution in [-0.2, 0) is 31.6 Å². The van der Waals surface area contributed by atoms with Crippen LogP contribution in [-0.4, -0.2) is 58.0 Å². The van der Waals surface area contributed by atoms with Crippen LogP contribution in [0, 0.1) is 3.57 Å². The Bertz CT molecular complexity index is 1120. The van der Waals surface area contributed by atoms with Crippen LogP contribution in [0.25, 0.3) is 11.0 Å². The molecule has 0 aromatic carbocycles. The number of hydrogen-bond acceptors (Lipinski definition) is 11. The number of fused-ring (bicyclic) bond motifs is 1. The van der Waals surface area contributed by atoms with Gasteiger partial charge in [0.05, 0.1) is 18.1 Å². The van der Waals surface area contributed by atoms with Crippen molar-refractivity contribution in [2.45, 2.75) is 24.9 Å². The first-order valence-electron chi connectivity index (χ1n) is 8.06. The largest absolute Gasteiger partial charge is 0.490 e. The molecule has 16 nitrogen and oxygen atoms in total. The van der Waals surface area contributed by atoms with Gasteiger partial charge in [0.2, 0.25) is 0 Å². The van der Waals surface area contributed by atoms with Gasteiger partial charge < -0.3 is 39.7 Å². The van der Waals surface area contributed by atoms with Crippen molar-refractivity contribution in [1.29, 1.82) is 0 Å². The molecule has 0 bridgehead atoms. The minimum absolute atomic E-state index is 0.0359. The Morgan fingerprint density at radius 2 is 1.87 bits per heavy atom. The molecular formula is C11H16IN4O12P3. The van der Waals surface area contributed by atoms with Crippen LogP contribution in [0.4, 0.5) is 5.82 Å². The van der Waals surface area contributed by atoms with E-state index in [-0.39, 0.29) is 12.2 Å². The third-order valence-corrected chi connectivity index (χ3v) is 8.55. The van der Waals surface area contributed by atoms with Crippen molar-refractivity contribution in [2.75, 3.05) is 12.3 Å². The predicted molar refractivity (Wildman–Crippen MR) is 109 cm³/mol. The molecule has 3 heterocycles. The number of nitrogens with zero attached hydrogens (tertiary/aromatic N) is 3. The first-order valence-corrected chi connectivity index (χ1v) is 13.7. The molecule has 20 heteroatoms. The van der Waals surface area contributed by atoms with Gasteiger partial charge in [0.15, 0.2) is 0 Å². The zero-order chi connectivity index (χ0) is 23.2. The monoisotopic (exact) mass is 616 g/mol. The van der Waals surface area contributed by atoms with Gasteiger partial charge in [-0.2, -0.15) is 8.62 Å². The summed E-state index contributed by atoms with van der Waals surface area (Å²) in [6, 6.07) is 0. The lowest BCUT2D eigenvalue weighted by Gasteiger charge is -2.19. The van der Waals surface area contributed by atoms with E-state index in [1.54, 1.807) is 10.8 Å². The lowest BCUT2D eigenvalue weighted by atomic mass is 10.2. The number of aromatic nitrogens is 3. The fourth-order valence-corrected chi connectivity index (χ4v) is 6.64.